The van der Waals surface area contributed by atoms with Gasteiger partial charge >= 0.3 is 0 Å². The third kappa shape index (κ3) is 5.01. The maximum Gasteiger partial charge on any atom is 0.195 e. The summed E-state index contributed by atoms with van der Waals surface area (Å²) in [6.45, 7) is 3.65. The first-order chi connectivity index (χ1) is 11.5. The number of anilines is 2. The fourth-order valence-corrected chi connectivity index (χ4v) is 2.69. The molecule has 0 heterocycles. The van der Waals surface area contributed by atoms with Crippen molar-refractivity contribution in [3.63, 3.8) is 0 Å². The molecule has 0 aliphatic carbocycles. The first-order valence-corrected chi connectivity index (χ1v) is 8.28. The number of aliphatic imine (C=N–C) groups is 1. The zero-order valence-electron chi connectivity index (χ0n) is 13.3. The molecule has 128 valence electrons. The minimum absolute atomic E-state index is 0.263. The number of nitrogens with zero attached hydrogens (tertiary/aromatic N) is 2. The van der Waals surface area contributed by atoms with E-state index < -0.39 is 0 Å². The van der Waals surface area contributed by atoms with Crippen LogP contribution in [0.1, 0.15) is 6.92 Å². The molecule has 7 heteroatoms. The lowest BCUT2D eigenvalue weighted by atomic mass is 10.3. The van der Waals surface area contributed by atoms with Crippen molar-refractivity contribution in [1.82, 2.24) is 0 Å². The van der Waals surface area contributed by atoms with Crippen LogP contribution < -0.4 is 16.0 Å². The van der Waals surface area contributed by atoms with Gasteiger partial charge in [-0.15, -0.1) is 0 Å². The predicted molar refractivity (Wildman–Crippen MR) is 101 cm³/mol. The van der Waals surface area contributed by atoms with E-state index in [2.05, 4.69) is 10.3 Å². The Balaban J connectivity index is 1.96. The van der Waals surface area contributed by atoms with Crippen LogP contribution >= 0.6 is 23.2 Å². The number of hydrogen-bond donors (Lipinski definition) is 2. The summed E-state index contributed by atoms with van der Waals surface area (Å²) in [5.74, 6) is 0.115. The largest absolute Gasteiger partial charge is 0.383 e. The van der Waals surface area contributed by atoms with Crippen LogP contribution in [0.3, 0.4) is 0 Å². The van der Waals surface area contributed by atoms with Crippen molar-refractivity contribution in [2.75, 3.05) is 29.9 Å². The Labute approximate surface area is 151 Å². The van der Waals surface area contributed by atoms with Crippen molar-refractivity contribution in [2.45, 2.75) is 6.92 Å². The first kappa shape index (κ1) is 18.4. The van der Waals surface area contributed by atoms with E-state index in [9.17, 15) is 4.39 Å². The van der Waals surface area contributed by atoms with Crippen molar-refractivity contribution < 1.29 is 4.39 Å². The highest BCUT2D eigenvalue weighted by atomic mass is 35.5. The second-order valence-corrected chi connectivity index (χ2v) is 5.86. The molecule has 2 aromatic rings. The molecule has 0 aliphatic heterocycles. The van der Waals surface area contributed by atoms with Gasteiger partial charge in [0.1, 0.15) is 5.82 Å². The molecular weight excluding hydrogens is 350 g/mol. The fourth-order valence-electron chi connectivity index (χ4n) is 2.18. The van der Waals surface area contributed by atoms with Gasteiger partial charge in [-0.2, -0.15) is 0 Å². The van der Waals surface area contributed by atoms with Gasteiger partial charge in [0.25, 0.3) is 0 Å². The molecule has 0 aromatic heterocycles. The lowest BCUT2D eigenvalue weighted by Crippen LogP contribution is -2.38. The lowest BCUT2D eigenvalue weighted by molar-refractivity contribution is 0.628. The maximum atomic E-state index is 12.8. The van der Waals surface area contributed by atoms with Gasteiger partial charge in [0.2, 0.25) is 0 Å². The number of nitrogens with two attached hydrogens (primary N) is 1. The Hall–Kier alpha value is -1.98. The molecule has 24 heavy (non-hydrogen) atoms. The Bertz CT molecular complexity index is 704. The number of nitrogens with one attached hydrogen (secondary N) is 1. The number of halogens is 3. The van der Waals surface area contributed by atoms with Crippen molar-refractivity contribution in [1.29, 1.82) is 0 Å². The van der Waals surface area contributed by atoms with Crippen LogP contribution in [0.25, 0.3) is 0 Å². The van der Waals surface area contributed by atoms with Gasteiger partial charge in [0.15, 0.2) is 5.96 Å². The van der Waals surface area contributed by atoms with E-state index in [1.807, 2.05) is 17.9 Å². The van der Waals surface area contributed by atoms with E-state index >= 15 is 0 Å². The molecule has 0 saturated carbocycles. The zero-order chi connectivity index (χ0) is 17.5. The smallest absolute Gasteiger partial charge is 0.195 e. The Kier molecular flexibility index (Phi) is 6.70. The molecule has 0 bridgehead atoms. The third-order valence-electron chi connectivity index (χ3n) is 3.35. The summed E-state index contributed by atoms with van der Waals surface area (Å²) >= 11 is 12.1. The van der Waals surface area contributed by atoms with Gasteiger partial charge in [-0.25, -0.2) is 4.39 Å². The molecule has 4 nitrogen and oxygen atoms in total. The first-order valence-electron chi connectivity index (χ1n) is 7.53. The van der Waals surface area contributed by atoms with E-state index in [1.165, 1.54) is 12.1 Å². The number of rotatable bonds is 6. The maximum absolute atomic E-state index is 12.8. The Morgan fingerprint density at radius 3 is 2.54 bits per heavy atom. The average molecular weight is 369 g/mol. The molecule has 0 amide bonds. The van der Waals surface area contributed by atoms with Crippen molar-refractivity contribution in [3.05, 3.63) is 58.3 Å². The molecule has 2 aromatic carbocycles. The molecule has 0 radical (unpaired) electrons. The van der Waals surface area contributed by atoms with Gasteiger partial charge in [0.05, 0.1) is 17.3 Å². The topological polar surface area (TPSA) is 53.6 Å². The highest BCUT2D eigenvalue weighted by Crippen LogP contribution is 2.28. The van der Waals surface area contributed by atoms with Gasteiger partial charge in [0, 0.05) is 23.8 Å². The van der Waals surface area contributed by atoms with Crippen LogP contribution in [-0.2, 0) is 0 Å². The summed E-state index contributed by atoms with van der Waals surface area (Å²) in [5.41, 5.74) is 7.67. The summed E-state index contributed by atoms with van der Waals surface area (Å²) in [5, 5.41) is 4.24. The molecule has 0 spiro atoms. The zero-order valence-corrected chi connectivity index (χ0v) is 14.8. The summed E-state index contributed by atoms with van der Waals surface area (Å²) < 4.78 is 12.8. The third-order valence-corrected chi connectivity index (χ3v) is 3.89. The van der Waals surface area contributed by atoms with E-state index in [0.717, 1.165) is 11.4 Å². The van der Waals surface area contributed by atoms with E-state index in [4.69, 9.17) is 28.9 Å². The number of guanidine groups is 1. The van der Waals surface area contributed by atoms with E-state index in [-0.39, 0.29) is 5.82 Å². The SMILES string of the molecule is CCN(C(N)=NCCNc1ccc(F)cc1)c1ccc(Cl)cc1Cl. The van der Waals surface area contributed by atoms with Crippen LogP contribution in [0.15, 0.2) is 47.5 Å². The van der Waals surface area contributed by atoms with E-state index in [0.29, 0.717) is 35.6 Å². The molecule has 2 rings (SSSR count). The quantitative estimate of drug-likeness (QED) is 0.451. The van der Waals surface area contributed by atoms with E-state index in [1.54, 1.807) is 24.3 Å². The molecule has 0 fully saturated rings. The summed E-state index contributed by atoms with van der Waals surface area (Å²) in [4.78, 5) is 6.18. The second kappa shape index (κ2) is 8.76. The van der Waals surface area contributed by atoms with Gasteiger partial charge in [-0.05, 0) is 49.4 Å². The normalized spacial score (nSPS) is 11.4. The molecule has 0 saturated heterocycles. The molecule has 3 N–H and O–H groups in total. The second-order valence-electron chi connectivity index (χ2n) is 5.01. The fraction of sp³-hybridized carbons (Fsp3) is 0.235. The molecule has 0 atom stereocenters. The molecule has 0 unspecified atom stereocenters. The minimum atomic E-state index is -0.263. The van der Waals surface area contributed by atoms with Crippen LogP contribution in [0.2, 0.25) is 10.0 Å². The number of hydrogen-bond acceptors (Lipinski definition) is 2. The van der Waals surface area contributed by atoms with Crippen LogP contribution in [0, 0.1) is 5.82 Å². The Morgan fingerprint density at radius 1 is 1.21 bits per heavy atom. The van der Waals surface area contributed by atoms with Crippen molar-refractivity contribution in [3.8, 4) is 0 Å². The van der Waals surface area contributed by atoms with Gasteiger partial charge in [-0.3, -0.25) is 4.99 Å². The average Bonchev–Trinajstić information content (AvgIpc) is 2.56. The molecular formula is C17H19Cl2FN4. The highest BCUT2D eigenvalue weighted by Gasteiger charge is 2.12. The molecule has 0 aliphatic rings. The number of benzene rings is 2. The van der Waals surface area contributed by atoms with Crippen molar-refractivity contribution >= 4 is 40.5 Å². The van der Waals surface area contributed by atoms with Gasteiger partial charge < -0.3 is 16.0 Å². The monoisotopic (exact) mass is 368 g/mol. The van der Waals surface area contributed by atoms with Crippen molar-refractivity contribution in [2.24, 2.45) is 10.7 Å². The standard InChI is InChI=1S/C17H19Cl2FN4/c1-2-24(16-8-3-12(18)11-15(16)19)17(21)23-10-9-22-14-6-4-13(20)5-7-14/h3-8,11,22H,2,9-10H2,1H3,(H2,21,23). The van der Waals surface area contributed by atoms with Crippen LogP contribution in [-0.4, -0.2) is 25.6 Å². The summed E-state index contributed by atoms with van der Waals surface area (Å²) in [6, 6.07) is 11.4. The van der Waals surface area contributed by atoms with Crippen LogP contribution in [0.5, 0.6) is 0 Å². The lowest BCUT2D eigenvalue weighted by Gasteiger charge is -2.23. The highest BCUT2D eigenvalue weighted by molar-refractivity contribution is 6.36. The minimum Gasteiger partial charge on any atom is -0.383 e. The summed E-state index contributed by atoms with van der Waals surface area (Å²) in [7, 11) is 0. The Morgan fingerprint density at radius 2 is 1.92 bits per heavy atom. The van der Waals surface area contributed by atoms with Crippen LogP contribution in [0.4, 0.5) is 15.8 Å². The predicted octanol–water partition coefficient (Wildman–Crippen LogP) is 4.39. The summed E-state index contributed by atoms with van der Waals surface area (Å²) in [6.07, 6.45) is 0. The van der Waals surface area contributed by atoms with Gasteiger partial charge in [-0.1, -0.05) is 23.2 Å².